The third-order valence-electron chi connectivity index (χ3n) is 6.25. The van der Waals surface area contributed by atoms with E-state index in [1.807, 2.05) is 54.6 Å². The zero-order chi connectivity index (χ0) is 22.7. The summed E-state index contributed by atoms with van der Waals surface area (Å²) in [7, 11) is 0. The van der Waals surface area contributed by atoms with Crippen LogP contribution in [0.3, 0.4) is 0 Å². The Balaban J connectivity index is 1.38. The van der Waals surface area contributed by atoms with E-state index >= 15 is 0 Å². The first kappa shape index (κ1) is 22.0. The average Bonchev–Trinajstić information content (AvgIpc) is 2.84. The zero-order valence-corrected chi connectivity index (χ0v) is 18.5. The summed E-state index contributed by atoms with van der Waals surface area (Å²) in [5.74, 6) is -0.521. The van der Waals surface area contributed by atoms with Crippen LogP contribution in [0.5, 0.6) is 0 Å². The molecular formula is C25H29N3O4. The molecule has 168 valence electrons. The second-order valence-electron chi connectivity index (χ2n) is 8.34. The van der Waals surface area contributed by atoms with Gasteiger partial charge in [-0.05, 0) is 36.6 Å². The van der Waals surface area contributed by atoms with Crippen molar-refractivity contribution in [3.63, 3.8) is 0 Å². The first-order chi connectivity index (χ1) is 15.5. The highest BCUT2D eigenvalue weighted by Crippen LogP contribution is 2.21. The number of carbonyl (C=O) groups excluding carboxylic acids is 3. The lowest BCUT2D eigenvalue weighted by molar-refractivity contribution is -0.156. The number of carbonyl (C=O) groups is 3. The second kappa shape index (κ2) is 9.53. The van der Waals surface area contributed by atoms with Gasteiger partial charge in [-0.1, -0.05) is 49.4 Å². The molecule has 0 saturated carbocycles. The normalized spacial score (nSPS) is 21.7. The predicted molar refractivity (Wildman–Crippen MR) is 120 cm³/mol. The summed E-state index contributed by atoms with van der Waals surface area (Å²) in [6.07, 6.45) is 0.441. The van der Waals surface area contributed by atoms with Crippen LogP contribution in [-0.2, 0) is 27.4 Å². The van der Waals surface area contributed by atoms with Crippen LogP contribution in [0, 0.1) is 0 Å². The number of rotatable bonds is 6. The molecule has 32 heavy (non-hydrogen) atoms. The van der Waals surface area contributed by atoms with Gasteiger partial charge in [0.15, 0.2) is 0 Å². The molecular weight excluding hydrogens is 406 g/mol. The molecule has 3 amide bonds. The van der Waals surface area contributed by atoms with Crippen LogP contribution in [0.25, 0.3) is 0 Å². The molecule has 2 aliphatic rings. The van der Waals surface area contributed by atoms with Gasteiger partial charge in [0, 0.05) is 18.7 Å². The fourth-order valence-electron chi connectivity index (χ4n) is 4.23. The highest BCUT2D eigenvalue weighted by Gasteiger charge is 2.46. The molecule has 2 aromatic carbocycles. The summed E-state index contributed by atoms with van der Waals surface area (Å²) in [6, 6.07) is 15.8. The predicted octanol–water partition coefficient (Wildman–Crippen LogP) is 2.01. The Labute approximate surface area is 188 Å². The third kappa shape index (κ3) is 4.53. The fourth-order valence-corrected chi connectivity index (χ4v) is 4.23. The van der Waals surface area contributed by atoms with Gasteiger partial charge in [-0.25, -0.2) is 0 Å². The van der Waals surface area contributed by atoms with Crippen molar-refractivity contribution in [1.82, 2.24) is 15.1 Å². The quantitative estimate of drug-likeness (QED) is 0.753. The van der Waals surface area contributed by atoms with Gasteiger partial charge in [-0.3, -0.25) is 14.4 Å². The largest absolute Gasteiger partial charge is 0.371 e. The lowest BCUT2D eigenvalue weighted by atomic mass is 10.0. The van der Waals surface area contributed by atoms with Gasteiger partial charge in [-0.2, -0.15) is 0 Å². The summed E-state index contributed by atoms with van der Waals surface area (Å²) >= 11 is 0. The lowest BCUT2D eigenvalue weighted by Gasteiger charge is -2.46. The molecule has 3 atom stereocenters. The number of hydrogen-bond acceptors (Lipinski definition) is 4. The van der Waals surface area contributed by atoms with E-state index in [1.54, 1.807) is 16.7 Å². The van der Waals surface area contributed by atoms with Gasteiger partial charge in [-0.15, -0.1) is 0 Å². The van der Waals surface area contributed by atoms with E-state index in [0.29, 0.717) is 25.3 Å². The number of ether oxygens (including phenoxy) is 1. The minimum Gasteiger partial charge on any atom is -0.371 e. The molecule has 2 heterocycles. The van der Waals surface area contributed by atoms with E-state index in [0.717, 1.165) is 12.0 Å². The van der Waals surface area contributed by atoms with Crippen molar-refractivity contribution in [3.8, 4) is 0 Å². The lowest BCUT2D eigenvalue weighted by Crippen LogP contribution is -2.71. The Hall–Kier alpha value is -3.19. The number of benzene rings is 2. The number of nitrogens with one attached hydrogen (secondary N) is 1. The summed E-state index contributed by atoms with van der Waals surface area (Å²) in [5, 5.41) is 2.82. The zero-order valence-electron chi connectivity index (χ0n) is 18.5. The topological polar surface area (TPSA) is 79.0 Å². The van der Waals surface area contributed by atoms with Crippen molar-refractivity contribution in [2.45, 2.75) is 45.1 Å². The standard InChI is InChI=1S/C25H29N3O4/c1-3-18-9-11-20(12-10-18)24(30)27-13-14-28-21(15-27)23(29)26-22(25(28)31)17(2)32-16-19-7-5-4-6-8-19/h4-12,17,21-22H,3,13-16H2,1-2H3,(H,26,29)/t17-,21-,22+/m1/s1. The van der Waals surface area contributed by atoms with E-state index in [4.69, 9.17) is 4.74 Å². The highest BCUT2D eigenvalue weighted by atomic mass is 16.5. The summed E-state index contributed by atoms with van der Waals surface area (Å²) < 4.78 is 5.88. The molecule has 7 nitrogen and oxygen atoms in total. The molecule has 0 bridgehead atoms. The molecule has 2 aromatic rings. The number of nitrogens with zero attached hydrogens (tertiary/aromatic N) is 2. The molecule has 7 heteroatoms. The monoisotopic (exact) mass is 435 g/mol. The van der Waals surface area contributed by atoms with Crippen LogP contribution in [0.15, 0.2) is 54.6 Å². The van der Waals surface area contributed by atoms with Crippen molar-refractivity contribution < 1.29 is 19.1 Å². The van der Waals surface area contributed by atoms with Crippen molar-refractivity contribution in [2.75, 3.05) is 19.6 Å². The number of aryl methyl sites for hydroxylation is 1. The highest BCUT2D eigenvalue weighted by molar-refractivity contribution is 5.99. The third-order valence-corrected chi connectivity index (χ3v) is 6.25. The van der Waals surface area contributed by atoms with Gasteiger partial charge in [0.2, 0.25) is 11.8 Å². The molecule has 0 spiro atoms. The van der Waals surface area contributed by atoms with Crippen molar-refractivity contribution in [3.05, 3.63) is 71.3 Å². The van der Waals surface area contributed by atoms with E-state index in [2.05, 4.69) is 12.2 Å². The number of piperazine rings is 2. The molecule has 0 unspecified atom stereocenters. The minimum absolute atomic E-state index is 0.116. The fraction of sp³-hybridized carbons (Fsp3) is 0.400. The molecule has 4 rings (SSSR count). The van der Waals surface area contributed by atoms with Gasteiger partial charge in [0.1, 0.15) is 12.1 Å². The maximum Gasteiger partial charge on any atom is 0.253 e. The molecule has 2 fully saturated rings. The molecule has 2 saturated heterocycles. The van der Waals surface area contributed by atoms with Crippen LogP contribution in [0.4, 0.5) is 0 Å². The van der Waals surface area contributed by atoms with Gasteiger partial charge in [0.05, 0.1) is 19.3 Å². The molecule has 2 aliphatic heterocycles. The van der Waals surface area contributed by atoms with Crippen LogP contribution in [0.2, 0.25) is 0 Å². The maximum absolute atomic E-state index is 13.1. The first-order valence-electron chi connectivity index (χ1n) is 11.1. The Morgan fingerprint density at radius 2 is 1.78 bits per heavy atom. The number of amides is 3. The van der Waals surface area contributed by atoms with Crippen LogP contribution in [0.1, 0.15) is 35.3 Å². The van der Waals surface area contributed by atoms with Crippen molar-refractivity contribution in [2.24, 2.45) is 0 Å². The Morgan fingerprint density at radius 3 is 2.47 bits per heavy atom. The molecule has 0 aliphatic carbocycles. The first-order valence-corrected chi connectivity index (χ1v) is 11.1. The van der Waals surface area contributed by atoms with Gasteiger partial charge < -0.3 is 19.9 Å². The maximum atomic E-state index is 13.1. The van der Waals surface area contributed by atoms with E-state index in [9.17, 15) is 14.4 Å². The summed E-state index contributed by atoms with van der Waals surface area (Å²) in [5.41, 5.74) is 2.77. The minimum atomic E-state index is -0.730. The summed E-state index contributed by atoms with van der Waals surface area (Å²) in [4.78, 5) is 42.1. The van der Waals surface area contributed by atoms with Crippen molar-refractivity contribution in [1.29, 1.82) is 0 Å². The molecule has 0 aromatic heterocycles. The smallest absolute Gasteiger partial charge is 0.253 e. The van der Waals surface area contributed by atoms with Crippen LogP contribution in [-0.4, -0.2) is 65.3 Å². The van der Waals surface area contributed by atoms with Crippen molar-refractivity contribution >= 4 is 17.7 Å². The summed E-state index contributed by atoms with van der Waals surface area (Å²) in [6.45, 7) is 5.15. The van der Waals surface area contributed by atoms with E-state index in [1.165, 1.54) is 5.56 Å². The average molecular weight is 436 g/mol. The Morgan fingerprint density at radius 1 is 1.06 bits per heavy atom. The van der Waals surface area contributed by atoms with E-state index < -0.39 is 18.2 Å². The van der Waals surface area contributed by atoms with Crippen LogP contribution < -0.4 is 5.32 Å². The van der Waals surface area contributed by atoms with Gasteiger partial charge in [0.25, 0.3) is 5.91 Å². The molecule has 1 N–H and O–H groups in total. The SMILES string of the molecule is CCc1ccc(C(=O)N2CCN3C(=O)[C@H]([C@@H](C)OCc4ccccc4)NC(=O)[C@H]3C2)cc1. The second-order valence-corrected chi connectivity index (χ2v) is 8.34. The molecule has 0 radical (unpaired) electrons. The Kier molecular flexibility index (Phi) is 6.55. The Bertz CT molecular complexity index is 976. The van der Waals surface area contributed by atoms with Gasteiger partial charge >= 0.3 is 0 Å². The van der Waals surface area contributed by atoms with Crippen LogP contribution >= 0.6 is 0 Å². The number of hydrogen-bond donors (Lipinski definition) is 1. The number of fused-ring (bicyclic) bond motifs is 1. The van der Waals surface area contributed by atoms with E-state index in [-0.39, 0.29) is 24.3 Å².